The average molecular weight is 398 g/mol. The molecule has 0 aliphatic rings. The fraction of sp³-hybridized carbons (Fsp3) is 0.176. The van der Waals surface area contributed by atoms with E-state index in [9.17, 15) is 26.4 Å². The number of ketones is 1. The standard InChI is InChI=1S/C17H13F3N2O4S/c1-2-5-27(24,25)22-12-7-10(18)15(19)14(16(12)20)17(23)9-3-4-13-11(6-9)21-8-26-13/h3-4,6-8,22H,2,5H2,1H3. The summed E-state index contributed by atoms with van der Waals surface area (Å²) in [4.78, 5) is 16.4. The number of halogens is 3. The van der Waals surface area contributed by atoms with Crippen LogP contribution < -0.4 is 4.72 Å². The van der Waals surface area contributed by atoms with Crippen molar-refractivity contribution in [3.8, 4) is 0 Å². The third-order valence-corrected chi connectivity index (χ3v) is 5.19. The molecule has 0 spiro atoms. The van der Waals surface area contributed by atoms with Crippen molar-refractivity contribution in [3.63, 3.8) is 0 Å². The number of sulfonamides is 1. The van der Waals surface area contributed by atoms with Gasteiger partial charge in [0.1, 0.15) is 5.52 Å². The van der Waals surface area contributed by atoms with E-state index < -0.39 is 44.5 Å². The van der Waals surface area contributed by atoms with Gasteiger partial charge in [0.25, 0.3) is 0 Å². The molecule has 27 heavy (non-hydrogen) atoms. The molecule has 0 unspecified atom stereocenters. The second-order valence-corrected chi connectivity index (χ2v) is 7.54. The van der Waals surface area contributed by atoms with Crippen molar-refractivity contribution in [1.82, 2.24) is 4.98 Å². The fourth-order valence-electron chi connectivity index (χ4n) is 2.51. The molecule has 3 aromatic rings. The van der Waals surface area contributed by atoms with Crippen LogP contribution in [0.25, 0.3) is 11.1 Å². The number of benzene rings is 2. The minimum absolute atomic E-state index is 0.165. The quantitative estimate of drug-likeness (QED) is 0.506. The van der Waals surface area contributed by atoms with Crippen LogP contribution in [0.5, 0.6) is 0 Å². The molecule has 0 saturated carbocycles. The third-order valence-electron chi connectivity index (χ3n) is 3.71. The van der Waals surface area contributed by atoms with Gasteiger partial charge in [-0.05, 0) is 24.6 Å². The first-order valence-corrected chi connectivity index (χ1v) is 9.44. The van der Waals surface area contributed by atoms with Gasteiger partial charge in [0.2, 0.25) is 10.0 Å². The van der Waals surface area contributed by atoms with E-state index in [2.05, 4.69) is 4.98 Å². The summed E-state index contributed by atoms with van der Waals surface area (Å²) in [7, 11) is -3.98. The van der Waals surface area contributed by atoms with Gasteiger partial charge in [-0.25, -0.2) is 26.6 Å². The first kappa shape index (κ1) is 18.9. The van der Waals surface area contributed by atoms with E-state index in [1.165, 1.54) is 18.2 Å². The Balaban J connectivity index is 2.09. The lowest BCUT2D eigenvalue weighted by molar-refractivity contribution is 0.103. The number of nitrogens with one attached hydrogen (secondary N) is 1. The smallest absolute Gasteiger partial charge is 0.232 e. The topological polar surface area (TPSA) is 89.3 Å². The highest BCUT2D eigenvalue weighted by Gasteiger charge is 2.27. The SMILES string of the molecule is CCCS(=O)(=O)Nc1cc(F)c(F)c(C(=O)c2ccc3ocnc3c2)c1F. The Labute approximate surface area is 152 Å². The Bertz CT molecular complexity index is 1140. The molecule has 1 aromatic heterocycles. The van der Waals surface area contributed by atoms with Crippen molar-refractivity contribution < 1.29 is 30.8 Å². The van der Waals surface area contributed by atoms with Crippen LogP contribution in [0.1, 0.15) is 29.3 Å². The van der Waals surface area contributed by atoms with Crippen molar-refractivity contribution in [3.05, 3.63) is 59.2 Å². The van der Waals surface area contributed by atoms with Gasteiger partial charge in [0.05, 0.1) is 17.0 Å². The molecule has 142 valence electrons. The lowest BCUT2D eigenvalue weighted by Gasteiger charge is -2.12. The molecule has 0 bridgehead atoms. The van der Waals surface area contributed by atoms with Gasteiger partial charge in [0, 0.05) is 11.6 Å². The summed E-state index contributed by atoms with van der Waals surface area (Å²) in [6, 6.07) is 4.19. The van der Waals surface area contributed by atoms with E-state index in [0.29, 0.717) is 11.6 Å². The normalized spacial score (nSPS) is 11.7. The second kappa shape index (κ2) is 7.03. The fourth-order valence-corrected chi connectivity index (χ4v) is 3.63. The van der Waals surface area contributed by atoms with Crippen LogP contribution in [0.15, 0.2) is 35.1 Å². The molecule has 1 N–H and O–H groups in total. The molecule has 0 aliphatic carbocycles. The number of nitrogens with zero attached hydrogens (tertiary/aromatic N) is 1. The molecule has 0 atom stereocenters. The number of hydrogen-bond acceptors (Lipinski definition) is 5. The molecule has 10 heteroatoms. The van der Waals surface area contributed by atoms with Crippen LogP contribution in [0.2, 0.25) is 0 Å². The zero-order valence-electron chi connectivity index (χ0n) is 13.9. The number of aromatic nitrogens is 1. The molecule has 3 rings (SSSR count). The number of anilines is 1. The highest BCUT2D eigenvalue weighted by molar-refractivity contribution is 7.92. The predicted octanol–water partition coefficient (Wildman–Crippen LogP) is 3.63. The molecular formula is C17H13F3N2O4S. The molecule has 0 saturated heterocycles. The van der Waals surface area contributed by atoms with E-state index in [0.717, 1.165) is 6.39 Å². The Morgan fingerprint density at radius 2 is 1.93 bits per heavy atom. The van der Waals surface area contributed by atoms with Crippen molar-refractivity contribution in [2.75, 3.05) is 10.5 Å². The van der Waals surface area contributed by atoms with Crippen molar-refractivity contribution in [2.45, 2.75) is 13.3 Å². The molecule has 0 radical (unpaired) electrons. The summed E-state index contributed by atoms with van der Waals surface area (Å²) in [5.41, 5.74) is -1.59. The van der Waals surface area contributed by atoms with Crippen LogP contribution in [0, 0.1) is 17.5 Å². The van der Waals surface area contributed by atoms with Gasteiger partial charge in [-0.1, -0.05) is 6.92 Å². The first-order valence-electron chi connectivity index (χ1n) is 7.79. The van der Waals surface area contributed by atoms with Crippen LogP contribution >= 0.6 is 0 Å². The second-order valence-electron chi connectivity index (χ2n) is 5.69. The van der Waals surface area contributed by atoms with Crippen LogP contribution in [0.3, 0.4) is 0 Å². The van der Waals surface area contributed by atoms with E-state index in [-0.39, 0.29) is 23.3 Å². The van der Waals surface area contributed by atoms with Crippen molar-refractivity contribution in [1.29, 1.82) is 0 Å². The summed E-state index contributed by atoms with van der Waals surface area (Å²) < 4.78 is 73.2. The van der Waals surface area contributed by atoms with Crippen LogP contribution in [-0.2, 0) is 10.0 Å². The van der Waals surface area contributed by atoms with Crippen molar-refractivity contribution in [2.24, 2.45) is 0 Å². The predicted molar refractivity (Wildman–Crippen MR) is 91.5 cm³/mol. The molecule has 6 nitrogen and oxygen atoms in total. The van der Waals surface area contributed by atoms with E-state index in [1.54, 1.807) is 6.92 Å². The number of fused-ring (bicyclic) bond motifs is 1. The molecule has 2 aromatic carbocycles. The molecule has 0 aliphatic heterocycles. The van der Waals surface area contributed by atoms with Crippen LogP contribution in [0.4, 0.5) is 18.9 Å². The maximum absolute atomic E-state index is 14.7. The number of rotatable bonds is 6. The summed E-state index contributed by atoms with van der Waals surface area (Å²) >= 11 is 0. The van der Waals surface area contributed by atoms with E-state index in [1.807, 2.05) is 4.72 Å². The largest absolute Gasteiger partial charge is 0.443 e. The lowest BCUT2D eigenvalue weighted by Crippen LogP contribution is -2.19. The monoisotopic (exact) mass is 398 g/mol. The van der Waals surface area contributed by atoms with E-state index in [4.69, 9.17) is 4.42 Å². The maximum atomic E-state index is 14.7. The van der Waals surface area contributed by atoms with Gasteiger partial charge in [-0.2, -0.15) is 0 Å². The van der Waals surface area contributed by atoms with Crippen LogP contribution in [-0.4, -0.2) is 24.9 Å². The average Bonchev–Trinajstić information content (AvgIpc) is 3.07. The Kier molecular flexibility index (Phi) is 4.92. The molecule has 0 fully saturated rings. The third kappa shape index (κ3) is 3.65. The Morgan fingerprint density at radius 3 is 2.63 bits per heavy atom. The molecular weight excluding hydrogens is 385 g/mol. The van der Waals surface area contributed by atoms with Gasteiger partial charge >= 0.3 is 0 Å². The van der Waals surface area contributed by atoms with Gasteiger partial charge in [-0.15, -0.1) is 0 Å². The highest BCUT2D eigenvalue weighted by Crippen LogP contribution is 2.28. The first-order chi connectivity index (χ1) is 12.7. The van der Waals surface area contributed by atoms with Gasteiger partial charge < -0.3 is 4.42 Å². The zero-order chi connectivity index (χ0) is 19.8. The Hall–Kier alpha value is -2.88. The number of carbonyl (C=O) groups excluding carboxylic acids is 1. The summed E-state index contributed by atoms with van der Waals surface area (Å²) in [6.45, 7) is 1.58. The van der Waals surface area contributed by atoms with Gasteiger partial charge in [0.15, 0.2) is 35.2 Å². The molecule has 0 amide bonds. The molecule has 1 heterocycles. The summed E-state index contributed by atoms with van der Waals surface area (Å²) in [5.74, 6) is -6.28. The van der Waals surface area contributed by atoms with Crippen molar-refractivity contribution >= 4 is 32.6 Å². The minimum atomic E-state index is -3.98. The van der Waals surface area contributed by atoms with E-state index >= 15 is 0 Å². The number of oxazole rings is 1. The van der Waals surface area contributed by atoms with Gasteiger partial charge in [-0.3, -0.25) is 9.52 Å². The Morgan fingerprint density at radius 1 is 1.19 bits per heavy atom. The zero-order valence-corrected chi connectivity index (χ0v) is 14.7. The number of carbonyl (C=O) groups is 1. The summed E-state index contributed by atoms with van der Waals surface area (Å²) in [6.07, 6.45) is 1.35. The highest BCUT2D eigenvalue weighted by atomic mass is 32.2. The lowest BCUT2D eigenvalue weighted by atomic mass is 10.0. The maximum Gasteiger partial charge on any atom is 0.232 e. The number of hydrogen-bond donors (Lipinski definition) is 1. The summed E-state index contributed by atoms with van der Waals surface area (Å²) in [5, 5.41) is 0. The minimum Gasteiger partial charge on any atom is -0.443 e.